The summed E-state index contributed by atoms with van der Waals surface area (Å²) in [5.41, 5.74) is 0. The van der Waals surface area contributed by atoms with Crippen molar-refractivity contribution in [2.75, 3.05) is 12.0 Å². The molecular weight excluding hydrogens is 164 g/mol. The van der Waals surface area contributed by atoms with Crippen molar-refractivity contribution >= 4 is 15.6 Å². The summed E-state index contributed by atoms with van der Waals surface area (Å²) >= 11 is 0. The van der Waals surface area contributed by atoms with Crippen LogP contribution in [-0.4, -0.2) is 26.2 Å². The molecule has 0 aromatic carbocycles. The first-order chi connectivity index (χ1) is 4.87. The average Bonchev–Trinajstić information content (AvgIpc) is 1.82. The highest BCUT2D eigenvalue weighted by Crippen LogP contribution is 2.03. The molecule has 0 radical (unpaired) electrons. The fraction of sp³-hybridized carbons (Fsp3) is 0.857. The molecule has 11 heavy (non-hydrogen) atoms. The molecule has 66 valence electrons. The normalized spacial score (nSPS) is 14.5. The first-order valence-electron chi connectivity index (χ1n) is 3.57. The maximum Gasteiger partial charge on any atom is 0.154 e. The number of hydrogen-bond donors (Lipinski definition) is 0. The van der Waals surface area contributed by atoms with Crippen molar-refractivity contribution in [3.05, 3.63) is 0 Å². The van der Waals surface area contributed by atoms with Crippen molar-refractivity contribution in [3.8, 4) is 0 Å². The number of Topliss-reactive ketones (excluding diaryl/α,β-unsaturated/α-hetero) is 1. The van der Waals surface area contributed by atoms with E-state index in [1.54, 1.807) is 6.92 Å². The summed E-state index contributed by atoms with van der Waals surface area (Å²) in [7, 11) is -3.13. The van der Waals surface area contributed by atoms with Crippen molar-refractivity contribution in [2.45, 2.75) is 20.3 Å². The number of carbonyl (C=O) groups is 1. The first kappa shape index (κ1) is 10.6. The Bertz CT molecular complexity index is 228. The van der Waals surface area contributed by atoms with Gasteiger partial charge in [-0.1, -0.05) is 13.8 Å². The monoisotopic (exact) mass is 178 g/mol. The zero-order chi connectivity index (χ0) is 9.07. The summed E-state index contributed by atoms with van der Waals surface area (Å²) in [5, 5.41) is 0. The Morgan fingerprint density at radius 3 is 2.18 bits per heavy atom. The van der Waals surface area contributed by atoms with Crippen LogP contribution in [0.1, 0.15) is 20.3 Å². The van der Waals surface area contributed by atoms with Crippen molar-refractivity contribution < 1.29 is 13.2 Å². The largest absolute Gasteiger partial charge is 0.298 e. The van der Waals surface area contributed by atoms with E-state index in [1.165, 1.54) is 0 Å². The maximum atomic E-state index is 11.0. The second-order valence-electron chi connectivity index (χ2n) is 2.85. The Labute approximate surface area is 67.7 Å². The van der Waals surface area contributed by atoms with Crippen molar-refractivity contribution in [1.82, 2.24) is 0 Å². The molecular formula is C7H14O3S. The van der Waals surface area contributed by atoms with Crippen LogP contribution < -0.4 is 0 Å². The van der Waals surface area contributed by atoms with Crippen molar-refractivity contribution in [2.24, 2.45) is 5.92 Å². The molecule has 0 aliphatic rings. The van der Waals surface area contributed by atoms with E-state index in [1.807, 2.05) is 6.92 Å². The third kappa shape index (κ3) is 4.95. The molecule has 0 saturated carbocycles. The summed E-state index contributed by atoms with van der Waals surface area (Å²) in [5.74, 6) is -0.637. The van der Waals surface area contributed by atoms with Gasteiger partial charge in [-0.2, -0.15) is 0 Å². The third-order valence-corrected chi connectivity index (χ3v) is 2.38. The van der Waals surface area contributed by atoms with E-state index in [9.17, 15) is 13.2 Å². The molecule has 0 heterocycles. The third-order valence-electron chi connectivity index (χ3n) is 1.57. The Balaban J connectivity index is 4.10. The molecule has 0 aliphatic heterocycles. The Hall–Kier alpha value is -0.380. The van der Waals surface area contributed by atoms with Gasteiger partial charge in [0.15, 0.2) is 15.6 Å². The summed E-state index contributed by atoms with van der Waals surface area (Å²) < 4.78 is 21.3. The van der Waals surface area contributed by atoms with Gasteiger partial charge in [0.25, 0.3) is 0 Å². The SMILES string of the molecule is CC[C@H](C)C(=O)CS(C)(=O)=O. The Morgan fingerprint density at radius 2 is 1.91 bits per heavy atom. The van der Waals surface area contributed by atoms with E-state index in [0.717, 1.165) is 6.26 Å². The van der Waals surface area contributed by atoms with Crippen LogP contribution in [0.15, 0.2) is 0 Å². The highest BCUT2D eigenvalue weighted by molar-refractivity contribution is 7.91. The highest BCUT2D eigenvalue weighted by Gasteiger charge is 2.15. The lowest BCUT2D eigenvalue weighted by Gasteiger charge is -2.04. The van der Waals surface area contributed by atoms with Crippen LogP contribution in [-0.2, 0) is 14.6 Å². The van der Waals surface area contributed by atoms with Gasteiger partial charge in [0, 0.05) is 12.2 Å². The minimum atomic E-state index is -3.13. The van der Waals surface area contributed by atoms with Gasteiger partial charge in [-0.15, -0.1) is 0 Å². The van der Waals surface area contributed by atoms with Gasteiger partial charge in [0.2, 0.25) is 0 Å². The molecule has 0 N–H and O–H groups in total. The van der Waals surface area contributed by atoms with Crippen molar-refractivity contribution in [3.63, 3.8) is 0 Å². The zero-order valence-electron chi connectivity index (χ0n) is 7.12. The number of carbonyl (C=O) groups excluding carboxylic acids is 1. The molecule has 3 nitrogen and oxygen atoms in total. The fourth-order valence-corrected chi connectivity index (χ4v) is 1.43. The maximum absolute atomic E-state index is 11.0. The molecule has 0 aromatic rings. The van der Waals surface area contributed by atoms with E-state index in [4.69, 9.17) is 0 Å². The molecule has 1 atom stereocenters. The van der Waals surface area contributed by atoms with Crippen LogP contribution in [0.2, 0.25) is 0 Å². The highest BCUT2D eigenvalue weighted by atomic mass is 32.2. The Kier molecular flexibility index (Phi) is 3.72. The fourth-order valence-electron chi connectivity index (χ4n) is 0.628. The van der Waals surface area contributed by atoms with Gasteiger partial charge in [-0.3, -0.25) is 4.79 Å². The smallest absolute Gasteiger partial charge is 0.154 e. The van der Waals surface area contributed by atoms with E-state index in [0.29, 0.717) is 6.42 Å². The van der Waals surface area contributed by atoms with E-state index >= 15 is 0 Å². The molecule has 0 aromatic heterocycles. The van der Waals surface area contributed by atoms with Gasteiger partial charge >= 0.3 is 0 Å². The molecule has 0 saturated heterocycles. The second kappa shape index (κ2) is 3.85. The van der Waals surface area contributed by atoms with E-state index in [2.05, 4.69) is 0 Å². The summed E-state index contributed by atoms with van der Waals surface area (Å²) in [6.07, 6.45) is 1.78. The lowest BCUT2D eigenvalue weighted by Crippen LogP contribution is -2.20. The van der Waals surface area contributed by atoms with Gasteiger partial charge in [0.1, 0.15) is 5.75 Å². The summed E-state index contributed by atoms with van der Waals surface area (Å²) in [6, 6.07) is 0. The van der Waals surface area contributed by atoms with Crippen LogP contribution in [0.3, 0.4) is 0 Å². The molecule has 0 aliphatic carbocycles. The second-order valence-corrected chi connectivity index (χ2v) is 4.99. The van der Waals surface area contributed by atoms with Gasteiger partial charge < -0.3 is 0 Å². The Morgan fingerprint density at radius 1 is 1.45 bits per heavy atom. The molecule has 0 fully saturated rings. The summed E-state index contributed by atoms with van der Waals surface area (Å²) in [6.45, 7) is 3.61. The predicted molar refractivity (Wildman–Crippen MR) is 44.2 cm³/mol. The first-order valence-corrected chi connectivity index (χ1v) is 5.63. The quantitative estimate of drug-likeness (QED) is 0.635. The number of rotatable bonds is 4. The molecule has 0 amide bonds. The number of sulfone groups is 1. The predicted octanol–water partition coefficient (Wildman–Crippen LogP) is 0.646. The number of ketones is 1. The van der Waals surface area contributed by atoms with E-state index in [-0.39, 0.29) is 17.5 Å². The van der Waals surface area contributed by atoms with Crippen LogP contribution in [0.4, 0.5) is 0 Å². The van der Waals surface area contributed by atoms with E-state index < -0.39 is 9.84 Å². The van der Waals surface area contributed by atoms with Crippen LogP contribution >= 0.6 is 0 Å². The average molecular weight is 178 g/mol. The molecule has 4 heteroatoms. The van der Waals surface area contributed by atoms with Crippen molar-refractivity contribution in [1.29, 1.82) is 0 Å². The lowest BCUT2D eigenvalue weighted by atomic mass is 10.1. The minimum absolute atomic E-state index is 0.135. The van der Waals surface area contributed by atoms with Gasteiger partial charge in [0.05, 0.1) is 0 Å². The zero-order valence-corrected chi connectivity index (χ0v) is 7.94. The van der Waals surface area contributed by atoms with Crippen LogP contribution in [0, 0.1) is 5.92 Å². The lowest BCUT2D eigenvalue weighted by molar-refractivity contribution is -0.119. The molecule has 0 rings (SSSR count). The topological polar surface area (TPSA) is 51.2 Å². The van der Waals surface area contributed by atoms with Gasteiger partial charge in [-0.25, -0.2) is 8.42 Å². The molecule has 0 spiro atoms. The standard InChI is InChI=1S/C7H14O3S/c1-4-6(2)7(8)5-11(3,9)10/h6H,4-5H2,1-3H3/t6-/m0/s1. The minimum Gasteiger partial charge on any atom is -0.298 e. The summed E-state index contributed by atoms with van der Waals surface area (Å²) in [4.78, 5) is 11.0. The van der Waals surface area contributed by atoms with Crippen LogP contribution in [0.5, 0.6) is 0 Å². The number of hydrogen-bond acceptors (Lipinski definition) is 3. The van der Waals surface area contributed by atoms with Crippen LogP contribution in [0.25, 0.3) is 0 Å². The molecule has 0 bridgehead atoms. The van der Waals surface area contributed by atoms with Gasteiger partial charge in [-0.05, 0) is 6.42 Å². The molecule has 0 unspecified atom stereocenters.